The van der Waals surface area contributed by atoms with Crippen molar-refractivity contribution in [2.75, 3.05) is 20.3 Å². The molecule has 1 aliphatic rings. The van der Waals surface area contributed by atoms with Gasteiger partial charge in [-0.15, -0.1) is 0 Å². The van der Waals surface area contributed by atoms with Gasteiger partial charge in [0.15, 0.2) is 0 Å². The van der Waals surface area contributed by atoms with Crippen molar-refractivity contribution in [2.24, 2.45) is 0 Å². The molecule has 0 aromatic heterocycles. The molecule has 2 aromatic rings. The van der Waals surface area contributed by atoms with E-state index in [4.69, 9.17) is 19.5 Å². The summed E-state index contributed by atoms with van der Waals surface area (Å²) in [6, 6.07) is 12.6. The third-order valence-electron chi connectivity index (χ3n) is 4.16. The van der Waals surface area contributed by atoms with E-state index >= 15 is 0 Å². The molecule has 0 saturated heterocycles. The molecule has 0 spiro atoms. The number of hydrogen-bond donors (Lipinski definition) is 1. The van der Waals surface area contributed by atoms with Crippen LogP contribution in [0.4, 0.5) is 0 Å². The number of nitrogens with one attached hydrogen (secondary N) is 1. The molecule has 152 valence electrons. The molecule has 1 fully saturated rings. The summed E-state index contributed by atoms with van der Waals surface area (Å²) in [5, 5.41) is 8.76. The van der Waals surface area contributed by atoms with Crippen LogP contribution in [-0.2, 0) is 14.8 Å². The first-order valence-corrected chi connectivity index (χ1v) is 10.4. The molecule has 0 aliphatic heterocycles. The van der Waals surface area contributed by atoms with Gasteiger partial charge in [0, 0.05) is 6.04 Å². The molecule has 9 heteroatoms. The lowest BCUT2D eigenvalue weighted by molar-refractivity contribution is 0.0450. The summed E-state index contributed by atoms with van der Waals surface area (Å²) in [5.41, 5.74) is 0.616. The summed E-state index contributed by atoms with van der Waals surface area (Å²) in [7, 11) is -2.43. The maximum atomic E-state index is 12.5. The standard InChI is InChI=1S/C20H20N2O6S/c1-26-18-9-4-15(12-19(18)29(24,25)22-16-5-6-16)20(23)28-11-10-27-17-7-2-14(13-21)3-8-17/h2-4,7-9,12,16,22H,5-6,10-11H2,1H3. The third-order valence-corrected chi connectivity index (χ3v) is 5.70. The highest BCUT2D eigenvalue weighted by Gasteiger charge is 2.30. The topological polar surface area (TPSA) is 115 Å². The van der Waals surface area contributed by atoms with Crippen molar-refractivity contribution in [3.05, 3.63) is 53.6 Å². The molecule has 0 heterocycles. The van der Waals surface area contributed by atoms with E-state index in [1.54, 1.807) is 24.3 Å². The van der Waals surface area contributed by atoms with Crippen LogP contribution in [0.25, 0.3) is 0 Å². The lowest BCUT2D eigenvalue weighted by Crippen LogP contribution is -2.26. The zero-order chi connectivity index (χ0) is 20.9. The molecular formula is C20H20N2O6S. The van der Waals surface area contributed by atoms with Crippen molar-refractivity contribution in [1.82, 2.24) is 4.72 Å². The molecule has 8 nitrogen and oxygen atoms in total. The monoisotopic (exact) mass is 416 g/mol. The second-order valence-electron chi connectivity index (χ2n) is 6.38. The Labute approximate surface area is 169 Å². The van der Waals surface area contributed by atoms with Crippen molar-refractivity contribution >= 4 is 16.0 Å². The largest absolute Gasteiger partial charge is 0.495 e. The van der Waals surface area contributed by atoms with Crippen LogP contribution in [0, 0.1) is 11.3 Å². The highest BCUT2D eigenvalue weighted by molar-refractivity contribution is 7.89. The molecule has 0 bridgehead atoms. The van der Waals surface area contributed by atoms with E-state index in [9.17, 15) is 13.2 Å². The van der Waals surface area contributed by atoms with Crippen LogP contribution in [0.15, 0.2) is 47.4 Å². The Hall–Kier alpha value is -3.09. The number of hydrogen-bond acceptors (Lipinski definition) is 7. The smallest absolute Gasteiger partial charge is 0.338 e. The first-order chi connectivity index (χ1) is 13.9. The lowest BCUT2D eigenvalue weighted by atomic mass is 10.2. The number of carbonyl (C=O) groups is 1. The molecule has 0 atom stereocenters. The van der Waals surface area contributed by atoms with E-state index in [2.05, 4.69) is 4.72 Å². The number of benzene rings is 2. The van der Waals surface area contributed by atoms with Gasteiger partial charge < -0.3 is 14.2 Å². The zero-order valence-electron chi connectivity index (χ0n) is 15.8. The van der Waals surface area contributed by atoms with Gasteiger partial charge in [-0.05, 0) is 55.3 Å². The Morgan fingerprint density at radius 1 is 1.17 bits per heavy atom. The number of sulfonamides is 1. The maximum Gasteiger partial charge on any atom is 0.338 e. The highest BCUT2D eigenvalue weighted by Crippen LogP contribution is 2.28. The van der Waals surface area contributed by atoms with Gasteiger partial charge in [0.05, 0.1) is 24.3 Å². The molecular weight excluding hydrogens is 396 g/mol. The number of rotatable bonds is 9. The van der Waals surface area contributed by atoms with E-state index in [0.29, 0.717) is 11.3 Å². The number of ether oxygens (including phenoxy) is 3. The molecule has 1 N–H and O–H groups in total. The molecule has 1 saturated carbocycles. The number of nitriles is 1. The number of nitrogens with zero attached hydrogens (tertiary/aromatic N) is 1. The van der Waals surface area contributed by atoms with Crippen LogP contribution in [0.3, 0.4) is 0 Å². The summed E-state index contributed by atoms with van der Waals surface area (Å²) in [6.07, 6.45) is 1.59. The van der Waals surface area contributed by atoms with Crippen LogP contribution in [0.2, 0.25) is 0 Å². The van der Waals surface area contributed by atoms with Crippen LogP contribution in [-0.4, -0.2) is 40.8 Å². The fourth-order valence-electron chi connectivity index (χ4n) is 2.50. The summed E-state index contributed by atoms with van der Waals surface area (Å²) in [5.74, 6) is 0.0295. The Bertz CT molecular complexity index is 1020. The second kappa shape index (κ2) is 8.94. The van der Waals surface area contributed by atoms with E-state index in [0.717, 1.165) is 12.8 Å². The minimum Gasteiger partial charge on any atom is -0.495 e. The third kappa shape index (κ3) is 5.47. The van der Waals surface area contributed by atoms with Gasteiger partial charge in [0.25, 0.3) is 0 Å². The first kappa shape index (κ1) is 20.6. The molecule has 2 aromatic carbocycles. The van der Waals surface area contributed by atoms with Gasteiger partial charge in [-0.2, -0.15) is 5.26 Å². The SMILES string of the molecule is COc1ccc(C(=O)OCCOc2ccc(C#N)cc2)cc1S(=O)(=O)NC1CC1. The summed E-state index contributed by atoms with van der Waals surface area (Å²) >= 11 is 0. The van der Waals surface area contributed by atoms with Crippen LogP contribution in [0.5, 0.6) is 11.5 Å². The minimum absolute atomic E-state index is 0.0206. The quantitative estimate of drug-likeness (QED) is 0.492. The number of carbonyl (C=O) groups excluding carboxylic acids is 1. The predicted molar refractivity (Wildman–Crippen MR) is 103 cm³/mol. The minimum atomic E-state index is -3.79. The van der Waals surface area contributed by atoms with Gasteiger partial charge in [-0.25, -0.2) is 17.9 Å². The van der Waals surface area contributed by atoms with Crippen molar-refractivity contribution in [3.8, 4) is 17.6 Å². The fraction of sp³-hybridized carbons (Fsp3) is 0.300. The first-order valence-electron chi connectivity index (χ1n) is 8.93. The van der Waals surface area contributed by atoms with Crippen molar-refractivity contribution < 1.29 is 27.4 Å². The Morgan fingerprint density at radius 3 is 2.52 bits per heavy atom. The number of methoxy groups -OCH3 is 1. The highest BCUT2D eigenvalue weighted by atomic mass is 32.2. The van der Waals surface area contributed by atoms with Crippen molar-refractivity contribution in [3.63, 3.8) is 0 Å². The molecule has 0 amide bonds. The predicted octanol–water partition coefficient (Wildman–Crippen LogP) is 2.24. The van der Waals surface area contributed by atoms with Crippen LogP contribution >= 0.6 is 0 Å². The molecule has 0 radical (unpaired) electrons. The Kier molecular flexibility index (Phi) is 6.36. The van der Waals surface area contributed by atoms with Crippen LogP contribution < -0.4 is 14.2 Å². The average molecular weight is 416 g/mol. The van der Waals surface area contributed by atoms with E-state index in [1.807, 2.05) is 6.07 Å². The van der Waals surface area contributed by atoms with Crippen LogP contribution in [0.1, 0.15) is 28.8 Å². The molecule has 29 heavy (non-hydrogen) atoms. The van der Waals surface area contributed by atoms with Crippen molar-refractivity contribution in [2.45, 2.75) is 23.8 Å². The van der Waals surface area contributed by atoms with Gasteiger partial charge in [-0.1, -0.05) is 0 Å². The van der Waals surface area contributed by atoms with E-state index < -0.39 is 16.0 Å². The van der Waals surface area contributed by atoms with E-state index in [1.165, 1.54) is 25.3 Å². The summed E-state index contributed by atoms with van der Waals surface area (Å²) in [6.45, 7) is 0.0927. The normalized spacial score (nSPS) is 13.4. The van der Waals surface area contributed by atoms with Crippen molar-refractivity contribution in [1.29, 1.82) is 5.26 Å². The summed E-state index contributed by atoms with van der Waals surface area (Å²) < 4.78 is 43.3. The zero-order valence-corrected chi connectivity index (χ0v) is 16.6. The fourth-order valence-corrected chi connectivity index (χ4v) is 4.00. The van der Waals surface area contributed by atoms with E-state index in [-0.39, 0.29) is 35.5 Å². The van der Waals surface area contributed by atoms with Gasteiger partial charge in [0.2, 0.25) is 10.0 Å². The lowest BCUT2D eigenvalue weighted by Gasteiger charge is -2.12. The maximum absolute atomic E-state index is 12.5. The second-order valence-corrected chi connectivity index (χ2v) is 8.06. The average Bonchev–Trinajstić information content (AvgIpc) is 3.54. The number of esters is 1. The molecule has 3 rings (SSSR count). The van der Waals surface area contributed by atoms with Gasteiger partial charge in [-0.3, -0.25) is 0 Å². The Morgan fingerprint density at radius 2 is 1.90 bits per heavy atom. The van der Waals surface area contributed by atoms with Gasteiger partial charge >= 0.3 is 5.97 Å². The summed E-state index contributed by atoms with van der Waals surface area (Å²) in [4.78, 5) is 12.2. The van der Waals surface area contributed by atoms with Gasteiger partial charge in [0.1, 0.15) is 29.6 Å². The molecule has 0 unspecified atom stereocenters. The molecule has 1 aliphatic carbocycles. The Balaban J connectivity index is 1.59.